The second-order valence-electron chi connectivity index (χ2n) is 6.45. The molecule has 0 radical (unpaired) electrons. The molecule has 0 aliphatic heterocycles. The summed E-state index contributed by atoms with van der Waals surface area (Å²) in [7, 11) is 0. The van der Waals surface area contributed by atoms with Gasteiger partial charge in [0.15, 0.2) is 0 Å². The van der Waals surface area contributed by atoms with Crippen molar-refractivity contribution in [3.05, 3.63) is 86.7 Å². The Bertz CT molecular complexity index is 954. The van der Waals surface area contributed by atoms with Crippen LogP contribution in [0.15, 0.2) is 53.3 Å². The van der Waals surface area contributed by atoms with E-state index in [1.54, 1.807) is 10.7 Å². The number of aromatic nitrogens is 2. The van der Waals surface area contributed by atoms with Crippen LogP contribution in [0.5, 0.6) is 0 Å². The molecule has 2 aromatic carbocycles. The van der Waals surface area contributed by atoms with E-state index in [0.29, 0.717) is 6.54 Å². The van der Waals surface area contributed by atoms with Gasteiger partial charge in [0, 0.05) is 11.6 Å². The Labute approximate surface area is 142 Å². The maximum absolute atomic E-state index is 12.2. The van der Waals surface area contributed by atoms with Crippen molar-refractivity contribution >= 4 is 0 Å². The topological polar surface area (TPSA) is 34.9 Å². The number of nitrogens with zero attached hydrogens (tertiary/aromatic N) is 2. The lowest BCUT2D eigenvalue weighted by atomic mass is 9.99. The molecule has 3 rings (SSSR count). The minimum absolute atomic E-state index is 0.0817. The maximum atomic E-state index is 12.2. The maximum Gasteiger partial charge on any atom is 0.267 e. The van der Waals surface area contributed by atoms with Crippen LogP contribution in [0.25, 0.3) is 11.3 Å². The molecule has 122 valence electrons. The summed E-state index contributed by atoms with van der Waals surface area (Å²) in [5.74, 6) is 0. The molecular formula is C21H22N2O. The zero-order valence-corrected chi connectivity index (χ0v) is 14.6. The summed E-state index contributed by atoms with van der Waals surface area (Å²) in [5.41, 5.74) is 7.77. The van der Waals surface area contributed by atoms with Crippen molar-refractivity contribution in [3.8, 4) is 11.3 Å². The molecule has 0 aliphatic carbocycles. The van der Waals surface area contributed by atoms with Gasteiger partial charge >= 0.3 is 0 Å². The fourth-order valence-corrected chi connectivity index (χ4v) is 2.93. The first-order valence-corrected chi connectivity index (χ1v) is 8.16. The minimum atomic E-state index is -0.0817. The Hall–Kier alpha value is -2.68. The summed E-state index contributed by atoms with van der Waals surface area (Å²) >= 11 is 0. The first-order valence-electron chi connectivity index (χ1n) is 8.16. The van der Waals surface area contributed by atoms with Crippen LogP contribution in [0.3, 0.4) is 0 Å². The normalized spacial score (nSPS) is 10.8. The van der Waals surface area contributed by atoms with Crippen LogP contribution in [0.1, 0.15) is 27.8 Å². The summed E-state index contributed by atoms with van der Waals surface area (Å²) in [6, 6.07) is 15.9. The van der Waals surface area contributed by atoms with Gasteiger partial charge in [-0.3, -0.25) is 4.79 Å². The third-order valence-corrected chi connectivity index (χ3v) is 4.40. The molecular weight excluding hydrogens is 296 g/mol. The zero-order chi connectivity index (χ0) is 17.3. The van der Waals surface area contributed by atoms with Crippen LogP contribution in [-0.4, -0.2) is 9.78 Å². The molecule has 3 heteroatoms. The molecule has 1 heterocycles. The van der Waals surface area contributed by atoms with Gasteiger partial charge in [-0.15, -0.1) is 0 Å². The molecule has 0 atom stereocenters. The average molecular weight is 318 g/mol. The van der Waals surface area contributed by atoms with Crippen LogP contribution in [0.4, 0.5) is 0 Å². The van der Waals surface area contributed by atoms with Crippen molar-refractivity contribution < 1.29 is 0 Å². The molecule has 0 fully saturated rings. The minimum Gasteiger partial charge on any atom is -0.268 e. The van der Waals surface area contributed by atoms with E-state index in [1.165, 1.54) is 22.3 Å². The SMILES string of the molecule is Cc1cccc(Cn2nc(-c3cc(C)c(C)cc3C)ccc2=O)c1. The molecule has 0 saturated carbocycles. The van der Waals surface area contributed by atoms with Gasteiger partial charge in [0.25, 0.3) is 5.56 Å². The molecule has 1 aromatic heterocycles. The number of rotatable bonds is 3. The molecule has 0 amide bonds. The van der Waals surface area contributed by atoms with E-state index in [9.17, 15) is 4.79 Å². The third kappa shape index (κ3) is 3.30. The van der Waals surface area contributed by atoms with Gasteiger partial charge in [-0.25, -0.2) is 4.68 Å². The van der Waals surface area contributed by atoms with Crippen LogP contribution >= 0.6 is 0 Å². The number of hydrogen-bond acceptors (Lipinski definition) is 2. The summed E-state index contributed by atoms with van der Waals surface area (Å²) < 4.78 is 1.54. The van der Waals surface area contributed by atoms with Gasteiger partial charge in [0.1, 0.15) is 0 Å². The molecule has 0 saturated heterocycles. The number of benzene rings is 2. The molecule has 0 aliphatic rings. The van der Waals surface area contributed by atoms with Crippen molar-refractivity contribution in [1.29, 1.82) is 0 Å². The molecule has 0 spiro atoms. The van der Waals surface area contributed by atoms with Gasteiger partial charge in [-0.2, -0.15) is 5.10 Å². The van der Waals surface area contributed by atoms with E-state index in [-0.39, 0.29) is 5.56 Å². The van der Waals surface area contributed by atoms with Crippen molar-refractivity contribution in [2.45, 2.75) is 34.2 Å². The molecule has 24 heavy (non-hydrogen) atoms. The summed E-state index contributed by atoms with van der Waals surface area (Å²) in [5, 5.41) is 4.60. The molecule has 0 bridgehead atoms. The van der Waals surface area contributed by atoms with Crippen LogP contribution < -0.4 is 5.56 Å². The Kier molecular flexibility index (Phi) is 4.34. The van der Waals surface area contributed by atoms with E-state index in [4.69, 9.17) is 0 Å². The van der Waals surface area contributed by atoms with E-state index >= 15 is 0 Å². The van der Waals surface area contributed by atoms with Crippen molar-refractivity contribution in [3.63, 3.8) is 0 Å². The van der Waals surface area contributed by atoms with E-state index in [0.717, 1.165) is 16.8 Å². The first-order chi connectivity index (χ1) is 11.4. The Balaban J connectivity index is 2.03. The highest BCUT2D eigenvalue weighted by molar-refractivity contribution is 5.64. The Morgan fingerprint density at radius 2 is 1.62 bits per heavy atom. The average Bonchev–Trinajstić information content (AvgIpc) is 2.53. The van der Waals surface area contributed by atoms with Crippen molar-refractivity contribution in [1.82, 2.24) is 9.78 Å². The van der Waals surface area contributed by atoms with Crippen LogP contribution in [0, 0.1) is 27.7 Å². The van der Waals surface area contributed by atoms with Gasteiger partial charge in [0.05, 0.1) is 12.2 Å². The molecule has 0 N–H and O–H groups in total. The quantitative estimate of drug-likeness (QED) is 0.725. The smallest absolute Gasteiger partial charge is 0.267 e. The Morgan fingerprint density at radius 1 is 0.875 bits per heavy atom. The summed E-state index contributed by atoms with van der Waals surface area (Å²) in [4.78, 5) is 12.2. The highest BCUT2D eigenvalue weighted by Gasteiger charge is 2.08. The van der Waals surface area contributed by atoms with Gasteiger partial charge in [0.2, 0.25) is 0 Å². The Morgan fingerprint density at radius 3 is 2.38 bits per heavy atom. The summed E-state index contributed by atoms with van der Waals surface area (Å²) in [6.45, 7) is 8.82. The number of aryl methyl sites for hydroxylation is 4. The summed E-state index contributed by atoms with van der Waals surface area (Å²) in [6.07, 6.45) is 0. The second kappa shape index (κ2) is 6.44. The van der Waals surface area contributed by atoms with Crippen molar-refractivity contribution in [2.75, 3.05) is 0 Å². The third-order valence-electron chi connectivity index (χ3n) is 4.40. The highest BCUT2D eigenvalue weighted by Crippen LogP contribution is 2.24. The van der Waals surface area contributed by atoms with E-state index in [2.05, 4.69) is 57.1 Å². The van der Waals surface area contributed by atoms with Crippen LogP contribution in [0.2, 0.25) is 0 Å². The fourth-order valence-electron chi connectivity index (χ4n) is 2.93. The van der Waals surface area contributed by atoms with E-state index < -0.39 is 0 Å². The van der Waals surface area contributed by atoms with Gasteiger partial charge in [-0.1, -0.05) is 35.9 Å². The molecule has 0 unspecified atom stereocenters. The highest BCUT2D eigenvalue weighted by atomic mass is 16.1. The largest absolute Gasteiger partial charge is 0.268 e. The van der Waals surface area contributed by atoms with Crippen LogP contribution in [-0.2, 0) is 6.54 Å². The first kappa shape index (κ1) is 16.2. The monoisotopic (exact) mass is 318 g/mol. The van der Waals surface area contributed by atoms with E-state index in [1.807, 2.05) is 18.2 Å². The molecule has 3 nitrogen and oxygen atoms in total. The zero-order valence-electron chi connectivity index (χ0n) is 14.6. The van der Waals surface area contributed by atoms with Gasteiger partial charge < -0.3 is 0 Å². The molecule has 3 aromatic rings. The fraction of sp³-hybridized carbons (Fsp3) is 0.238. The lowest BCUT2D eigenvalue weighted by Gasteiger charge is -2.11. The second-order valence-corrected chi connectivity index (χ2v) is 6.45. The number of hydrogen-bond donors (Lipinski definition) is 0. The van der Waals surface area contributed by atoms with Gasteiger partial charge in [-0.05, 0) is 62.1 Å². The van der Waals surface area contributed by atoms with Crippen molar-refractivity contribution in [2.24, 2.45) is 0 Å². The predicted octanol–water partition coefficient (Wildman–Crippen LogP) is 4.19. The lowest BCUT2D eigenvalue weighted by molar-refractivity contribution is 0.642. The lowest BCUT2D eigenvalue weighted by Crippen LogP contribution is -2.23. The standard InChI is InChI=1S/C21H22N2O/c1-14-6-5-7-18(10-14)13-23-21(24)9-8-20(22-23)19-12-16(3)15(2)11-17(19)4/h5-12H,13H2,1-4H3. The predicted molar refractivity (Wildman–Crippen MR) is 98.4 cm³/mol.